The molecule has 0 amide bonds. The van der Waals surface area contributed by atoms with Crippen LogP contribution < -0.4 is 10.1 Å². The second-order valence-electron chi connectivity index (χ2n) is 4.28. The van der Waals surface area contributed by atoms with Crippen LogP contribution in [0.2, 0.25) is 0 Å². The van der Waals surface area contributed by atoms with E-state index in [1.54, 1.807) is 6.92 Å². The molecule has 1 atom stereocenters. The van der Waals surface area contributed by atoms with Crippen molar-refractivity contribution in [3.05, 3.63) is 29.8 Å². The number of rotatable bonds is 6. The SMILES string of the molecule is Cc1ccccc1OCCNCC(C)O.O=C(O)C(=O)O. The molecule has 1 unspecified atom stereocenters. The van der Waals surface area contributed by atoms with E-state index in [0.717, 1.165) is 17.9 Å². The monoisotopic (exact) mass is 299 g/mol. The third-order valence-corrected chi connectivity index (χ3v) is 2.25. The normalized spacial score (nSPS) is 11.0. The molecule has 0 radical (unpaired) electrons. The zero-order valence-corrected chi connectivity index (χ0v) is 12.1. The van der Waals surface area contributed by atoms with Crippen LogP contribution in [0.5, 0.6) is 5.75 Å². The smallest absolute Gasteiger partial charge is 0.414 e. The second-order valence-corrected chi connectivity index (χ2v) is 4.28. The van der Waals surface area contributed by atoms with Crippen LogP contribution in [0.3, 0.4) is 0 Å². The number of aryl methyl sites for hydroxylation is 1. The standard InChI is InChI=1S/C12H19NO2.C2H2O4/c1-10-5-3-4-6-12(10)15-8-7-13-9-11(2)14;3-1(4)2(5)6/h3-6,11,13-14H,7-9H2,1-2H3;(H,3,4)(H,5,6). The Bertz CT molecular complexity index is 435. The third-order valence-electron chi connectivity index (χ3n) is 2.25. The molecule has 1 rings (SSSR count). The number of aliphatic hydroxyl groups is 1. The molecule has 0 aromatic heterocycles. The number of carboxylic acids is 2. The van der Waals surface area contributed by atoms with E-state index in [9.17, 15) is 0 Å². The summed E-state index contributed by atoms with van der Waals surface area (Å²) in [5.74, 6) is -2.72. The van der Waals surface area contributed by atoms with Gasteiger partial charge in [0.05, 0.1) is 6.10 Å². The lowest BCUT2D eigenvalue weighted by molar-refractivity contribution is -0.159. The molecule has 21 heavy (non-hydrogen) atoms. The lowest BCUT2D eigenvalue weighted by Crippen LogP contribution is -2.28. The molecule has 0 bridgehead atoms. The minimum absolute atomic E-state index is 0.302. The molecular weight excluding hydrogens is 278 g/mol. The maximum Gasteiger partial charge on any atom is 0.414 e. The highest BCUT2D eigenvalue weighted by Gasteiger charge is 2.04. The Hall–Kier alpha value is -2.12. The van der Waals surface area contributed by atoms with Crippen LogP contribution in [0.15, 0.2) is 24.3 Å². The Balaban J connectivity index is 0.000000567. The lowest BCUT2D eigenvalue weighted by atomic mass is 10.2. The first-order chi connectivity index (χ1) is 9.84. The predicted octanol–water partition coefficient (Wildman–Crippen LogP) is 0.500. The van der Waals surface area contributed by atoms with Gasteiger partial charge >= 0.3 is 11.9 Å². The summed E-state index contributed by atoms with van der Waals surface area (Å²) in [6, 6.07) is 7.95. The molecule has 0 aliphatic rings. The van der Waals surface area contributed by atoms with Gasteiger partial charge in [-0.2, -0.15) is 0 Å². The van der Waals surface area contributed by atoms with Gasteiger partial charge in [-0.1, -0.05) is 18.2 Å². The maximum atomic E-state index is 9.10. The van der Waals surface area contributed by atoms with Crippen molar-refractivity contribution in [2.24, 2.45) is 0 Å². The maximum absolute atomic E-state index is 9.10. The Morgan fingerprint density at radius 2 is 1.81 bits per heavy atom. The lowest BCUT2D eigenvalue weighted by Gasteiger charge is -2.10. The fraction of sp³-hybridized carbons (Fsp3) is 0.429. The van der Waals surface area contributed by atoms with Gasteiger partial charge in [-0.05, 0) is 25.5 Å². The summed E-state index contributed by atoms with van der Waals surface area (Å²) in [5, 5.41) is 26.9. The fourth-order valence-electron chi connectivity index (χ4n) is 1.26. The van der Waals surface area contributed by atoms with Gasteiger partial charge in [0.2, 0.25) is 0 Å². The number of para-hydroxylation sites is 1. The number of aliphatic hydroxyl groups excluding tert-OH is 1. The number of nitrogens with one attached hydrogen (secondary N) is 1. The summed E-state index contributed by atoms with van der Waals surface area (Å²) >= 11 is 0. The van der Waals surface area contributed by atoms with Gasteiger partial charge < -0.3 is 25.4 Å². The van der Waals surface area contributed by atoms with Crippen molar-refractivity contribution in [1.82, 2.24) is 5.32 Å². The summed E-state index contributed by atoms with van der Waals surface area (Å²) in [6.45, 7) is 5.77. The molecule has 0 fully saturated rings. The summed E-state index contributed by atoms with van der Waals surface area (Å²) in [4.78, 5) is 18.2. The number of hydrogen-bond acceptors (Lipinski definition) is 5. The summed E-state index contributed by atoms with van der Waals surface area (Å²) in [7, 11) is 0. The number of ether oxygens (including phenoxy) is 1. The largest absolute Gasteiger partial charge is 0.492 e. The Labute approximate surface area is 123 Å². The molecule has 1 aromatic carbocycles. The van der Waals surface area contributed by atoms with E-state index in [1.165, 1.54) is 0 Å². The van der Waals surface area contributed by atoms with Gasteiger partial charge in [0.1, 0.15) is 12.4 Å². The van der Waals surface area contributed by atoms with Crippen LogP contribution >= 0.6 is 0 Å². The number of aliphatic carboxylic acids is 2. The molecule has 7 heteroatoms. The van der Waals surface area contributed by atoms with E-state index in [1.807, 2.05) is 31.2 Å². The Morgan fingerprint density at radius 3 is 2.29 bits per heavy atom. The van der Waals surface area contributed by atoms with E-state index < -0.39 is 11.9 Å². The molecule has 7 nitrogen and oxygen atoms in total. The zero-order valence-electron chi connectivity index (χ0n) is 12.1. The molecule has 0 aliphatic heterocycles. The fourth-order valence-corrected chi connectivity index (χ4v) is 1.26. The first-order valence-corrected chi connectivity index (χ1v) is 6.38. The molecule has 1 aromatic rings. The molecule has 118 valence electrons. The van der Waals surface area contributed by atoms with Gasteiger partial charge in [0.15, 0.2) is 0 Å². The van der Waals surface area contributed by atoms with Crippen LogP contribution in [0.25, 0.3) is 0 Å². The van der Waals surface area contributed by atoms with Gasteiger partial charge in [-0.3, -0.25) is 0 Å². The van der Waals surface area contributed by atoms with E-state index in [4.69, 9.17) is 29.6 Å². The summed E-state index contributed by atoms with van der Waals surface area (Å²) < 4.78 is 5.57. The summed E-state index contributed by atoms with van der Waals surface area (Å²) in [5.41, 5.74) is 1.15. The van der Waals surface area contributed by atoms with Gasteiger partial charge in [0, 0.05) is 13.1 Å². The molecule has 4 N–H and O–H groups in total. The molecule has 0 heterocycles. The average molecular weight is 299 g/mol. The van der Waals surface area contributed by atoms with Crippen molar-refractivity contribution < 1.29 is 29.6 Å². The highest BCUT2D eigenvalue weighted by Crippen LogP contribution is 2.15. The van der Waals surface area contributed by atoms with Gasteiger partial charge in [0.25, 0.3) is 0 Å². The first-order valence-electron chi connectivity index (χ1n) is 6.38. The van der Waals surface area contributed by atoms with Crippen LogP contribution in [0.4, 0.5) is 0 Å². The summed E-state index contributed by atoms with van der Waals surface area (Å²) in [6.07, 6.45) is -0.302. The van der Waals surface area contributed by atoms with Crippen LogP contribution in [0, 0.1) is 6.92 Å². The van der Waals surface area contributed by atoms with E-state index in [0.29, 0.717) is 13.2 Å². The molecule has 0 saturated carbocycles. The van der Waals surface area contributed by atoms with Crippen molar-refractivity contribution in [3.63, 3.8) is 0 Å². The number of hydrogen-bond donors (Lipinski definition) is 4. The minimum Gasteiger partial charge on any atom is -0.492 e. The predicted molar refractivity (Wildman–Crippen MR) is 76.5 cm³/mol. The number of carboxylic acid groups (broad SMARTS) is 2. The van der Waals surface area contributed by atoms with Gasteiger partial charge in [-0.15, -0.1) is 0 Å². The molecule has 0 aliphatic carbocycles. The van der Waals surface area contributed by atoms with Crippen LogP contribution in [-0.2, 0) is 9.59 Å². The van der Waals surface area contributed by atoms with E-state index in [-0.39, 0.29) is 6.10 Å². The average Bonchev–Trinajstić information content (AvgIpc) is 2.40. The minimum atomic E-state index is -1.82. The van der Waals surface area contributed by atoms with Gasteiger partial charge in [-0.25, -0.2) is 9.59 Å². The van der Waals surface area contributed by atoms with Crippen LogP contribution in [0.1, 0.15) is 12.5 Å². The molecule has 0 spiro atoms. The number of benzene rings is 1. The Kier molecular flexibility index (Phi) is 9.57. The van der Waals surface area contributed by atoms with Crippen molar-refractivity contribution in [3.8, 4) is 5.75 Å². The highest BCUT2D eigenvalue weighted by atomic mass is 16.5. The Morgan fingerprint density at radius 1 is 1.24 bits per heavy atom. The van der Waals surface area contributed by atoms with Crippen molar-refractivity contribution in [1.29, 1.82) is 0 Å². The van der Waals surface area contributed by atoms with Crippen molar-refractivity contribution in [2.75, 3.05) is 19.7 Å². The molecule has 0 saturated heterocycles. The van der Waals surface area contributed by atoms with Crippen LogP contribution in [-0.4, -0.2) is 53.1 Å². The van der Waals surface area contributed by atoms with Crippen molar-refractivity contribution in [2.45, 2.75) is 20.0 Å². The highest BCUT2D eigenvalue weighted by molar-refractivity contribution is 6.27. The topological polar surface area (TPSA) is 116 Å². The van der Waals surface area contributed by atoms with E-state index in [2.05, 4.69) is 5.32 Å². The second kappa shape index (κ2) is 10.6. The quantitative estimate of drug-likeness (QED) is 0.446. The molecular formula is C14H21NO6. The third kappa shape index (κ3) is 10.3. The first kappa shape index (κ1) is 18.9. The van der Waals surface area contributed by atoms with Crippen molar-refractivity contribution >= 4 is 11.9 Å². The number of carbonyl (C=O) groups is 2. The van der Waals surface area contributed by atoms with E-state index >= 15 is 0 Å². The zero-order chi connectivity index (χ0) is 16.3.